The Bertz CT molecular complexity index is 568. The first-order chi connectivity index (χ1) is 12.0. The molecule has 1 aromatic rings. The number of hydrogen-bond donors (Lipinski definition) is 2. The average molecular weight is 354 g/mol. The van der Waals surface area contributed by atoms with Crippen molar-refractivity contribution in [2.24, 2.45) is 0 Å². The van der Waals surface area contributed by atoms with Gasteiger partial charge in [-0.15, -0.1) is 0 Å². The molecule has 0 aromatic heterocycles. The van der Waals surface area contributed by atoms with E-state index < -0.39 is 11.7 Å². The van der Waals surface area contributed by atoms with Gasteiger partial charge in [0.1, 0.15) is 5.56 Å². The summed E-state index contributed by atoms with van der Waals surface area (Å²) in [5.41, 5.74) is 1.17. The number of benzene rings is 1. The molecule has 0 aliphatic carbocycles. The number of carbonyl (C=O) groups is 1. The molecule has 0 saturated heterocycles. The van der Waals surface area contributed by atoms with Crippen LogP contribution in [-0.2, 0) is 17.7 Å². The van der Waals surface area contributed by atoms with Crippen LogP contribution in [0, 0.1) is 0 Å². The van der Waals surface area contributed by atoms with Crippen LogP contribution < -0.4 is 9.62 Å². The molecular weight excluding hydrogens is 324 g/mol. The highest BCUT2D eigenvalue weighted by molar-refractivity contribution is 5.95. The third-order valence-electron chi connectivity index (χ3n) is 3.99. The summed E-state index contributed by atoms with van der Waals surface area (Å²) in [6.07, 6.45) is 4.58. The van der Waals surface area contributed by atoms with E-state index in [2.05, 4.69) is 6.92 Å². The molecule has 0 aliphatic rings. The third-order valence-corrected chi connectivity index (χ3v) is 3.99. The van der Waals surface area contributed by atoms with Gasteiger partial charge in [0, 0.05) is 5.56 Å². The number of aromatic carboxylic acids is 1. The molecule has 0 unspecified atom stereocenters. The second-order valence-electron chi connectivity index (χ2n) is 5.81. The van der Waals surface area contributed by atoms with E-state index in [-0.39, 0.29) is 11.3 Å². The molecule has 0 amide bonds. The molecule has 25 heavy (non-hydrogen) atoms. The van der Waals surface area contributed by atoms with Gasteiger partial charge in [-0.1, -0.05) is 40.5 Å². The van der Waals surface area contributed by atoms with E-state index in [4.69, 9.17) is 14.5 Å². The van der Waals surface area contributed by atoms with Crippen molar-refractivity contribution in [3.05, 3.63) is 16.7 Å². The Labute approximate surface area is 149 Å². The predicted molar refractivity (Wildman–Crippen MR) is 95.7 cm³/mol. The molecule has 1 aromatic carbocycles. The number of carboxylic acids is 1. The van der Waals surface area contributed by atoms with Gasteiger partial charge in [-0.05, 0) is 31.2 Å². The number of phenols is 1. The van der Waals surface area contributed by atoms with Gasteiger partial charge in [0.25, 0.3) is 0 Å². The molecule has 142 valence electrons. The molecule has 0 spiro atoms. The molecule has 0 atom stereocenters. The van der Waals surface area contributed by atoms with Crippen molar-refractivity contribution < 1.29 is 29.5 Å². The predicted octanol–water partition coefficient (Wildman–Crippen LogP) is 4.50. The summed E-state index contributed by atoms with van der Waals surface area (Å²) in [5, 5.41) is 20.1. The minimum absolute atomic E-state index is 0.0429. The van der Waals surface area contributed by atoms with Gasteiger partial charge in [0.2, 0.25) is 5.75 Å². The Kier molecular flexibility index (Phi) is 9.13. The first-order valence-electron chi connectivity index (χ1n) is 9.09. The zero-order valence-electron chi connectivity index (χ0n) is 15.7. The van der Waals surface area contributed by atoms with E-state index in [0.717, 1.165) is 31.2 Å². The lowest BCUT2D eigenvalue weighted by Gasteiger charge is -2.21. The summed E-state index contributed by atoms with van der Waals surface area (Å²) < 4.78 is 5.86. The number of ether oxygens (including phenoxy) is 1. The van der Waals surface area contributed by atoms with Crippen LogP contribution in [0.4, 0.5) is 0 Å². The highest BCUT2D eigenvalue weighted by atomic mass is 17.2. The summed E-state index contributed by atoms with van der Waals surface area (Å²) in [6.45, 7) is 8.67. The maximum atomic E-state index is 11.7. The normalized spacial score (nSPS) is 10.7. The molecule has 2 N–H and O–H groups in total. The summed E-state index contributed by atoms with van der Waals surface area (Å²) in [4.78, 5) is 22.1. The van der Waals surface area contributed by atoms with Crippen molar-refractivity contribution in [2.45, 2.75) is 66.2 Å². The molecule has 0 aliphatic heterocycles. The zero-order chi connectivity index (χ0) is 18.8. The first kappa shape index (κ1) is 21.1. The van der Waals surface area contributed by atoms with Gasteiger partial charge in [-0.3, -0.25) is 0 Å². The second kappa shape index (κ2) is 10.8. The van der Waals surface area contributed by atoms with Crippen molar-refractivity contribution in [1.82, 2.24) is 0 Å². The Morgan fingerprint density at radius 3 is 2.04 bits per heavy atom. The SMILES string of the molecule is CCCCOOc1c(O)c(C(=O)O)c(CC)c(CC)c1OCCCC. The topological polar surface area (TPSA) is 85.2 Å². The van der Waals surface area contributed by atoms with Crippen LogP contribution >= 0.6 is 0 Å². The van der Waals surface area contributed by atoms with Crippen molar-refractivity contribution in [1.29, 1.82) is 0 Å². The molecule has 0 fully saturated rings. The standard InChI is InChI=1S/C19H30O6/c1-5-9-11-23-17-14(8-4)13(7-3)15(19(21)22)16(20)18(17)25-24-12-10-6-2/h20H,5-12H2,1-4H3,(H,21,22). The van der Waals surface area contributed by atoms with Gasteiger partial charge in [-0.2, -0.15) is 4.89 Å². The van der Waals surface area contributed by atoms with Gasteiger partial charge in [0.15, 0.2) is 11.5 Å². The second-order valence-corrected chi connectivity index (χ2v) is 5.81. The van der Waals surface area contributed by atoms with E-state index in [1.165, 1.54) is 0 Å². The number of carboxylic acid groups (broad SMARTS) is 1. The Morgan fingerprint density at radius 2 is 1.52 bits per heavy atom. The van der Waals surface area contributed by atoms with Crippen molar-refractivity contribution in [3.8, 4) is 17.2 Å². The van der Waals surface area contributed by atoms with E-state index in [1.807, 2.05) is 20.8 Å². The maximum Gasteiger partial charge on any atom is 0.339 e. The monoisotopic (exact) mass is 354 g/mol. The molecule has 0 radical (unpaired) electrons. The lowest BCUT2D eigenvalue weighted by molar-refractivity contribution is -0.209. The first-order valence-corrected chi connectivity index (χ1v) is 9.09. The van der Waals surface area contributed by atoms with Crippen LogP contribution in [0.1, 0.15) is 74.9 Å². The summed E-state index contributed by atoms with van der Waals surface area (Å²) in [6, 6.07) is 0. The van der Waals surface area contributed by atoms with Gasteiger partial charge in [-0.25, -0.2) is 4.79 Å². The Balaban J connectivity index is 3.39. The quantitative estimate of drug-likeness (QED) is 0.326. The van der Waals surface area contributed by atoms with Crippen LogP contribution in [0.25, 0.3) is 0 Å². The third kappa shape index (κ3) is 5.26. The highest BCUT2D eigenvalue weighted by Gasteiger charge is 2.29. The van der Waals surface area contributed by atoms with Gasteiger partial charge in [0.05, 0.1) is 13.2 Å². The Morgan fingerprint density at radius 1 is 0.920 bits per heavy atom. The average Bonchev–Trinajstić information content (AvgIpc) is 2.59. The maximum absolute atomic E-state index is 11.7. The smallest absolute Gasteiger partial charge is 0.339 e. The molecule has 0 saturated carbocycles. The summed E-state index contributed by atoms with van der Waals surface area (Å²) in [7, 11) is 0. The molecule has 1 rings (SSSR count). The van der Waals surface area contributed by atoms with Crippen LogP contribution in [0.15, 0.2) is 0 Å². The van der Waals surface area contributed by atoms with Crippen molar-refractivity contribution in [2.75, 3.05) is 13.2 Å². The lowest BCUT2D eigenvalue weighted by atomic mass is 9.94. The summed E-state index contributed by atoms with van der Waals surface area (Å²) in [5.74, 6) is -1.29. The van der Waals surface area contributed by atoms with E-state index >= 15 is 0 Å². The van der Waals surface area contributed by atoms with Crippen LogP contribution in [0.3, 0.4) is 0 Å². The van der Waals surface area contributed by atoms with E-state index in [1.54, 1.807) is 0 Å². The largest absolute Gasteiger partial charge is 0.503 e. The minimum Gasteiger partial charge on any atom is -0.503 e. The minimum atomic E-state index is -1.19. The fourth-order valence-corrected chi connectivity index (χ4v) is 2.64. The molecule has 6 heteroatoms. The Hall–Kier alpha value is -1.95. The lowest BCUT2D eigenvalue weighted by Crippen LogP contribution is -2.12. The highest BCUT2D eigenvalue weighted by Crippen LogP contribution is 2.45. The number of rotatable bonds is 12. The zero-order valence-corrected chi connectivity index (χ0v) is 15.7. The summed E-state index contributed by atoms with van der Waals surface area (Å²) >= 11 is 0. The fourth-order valence-electron chi connectivity index (χ4n) is 2.64. The van der Waals surface area contributed by atoms with Crippen LogP contribution in [0.5, 0.6) is 17.2 Å². The molecule has 0 heterocycles. The van der Waals surface area contributed by atoms with Crippen LogP contribution in [-0.4, -0.2) is 29.4 Å². The fraction of sp³-hybridized carbons (Fsp3) is 0.632. The van der Waals surface area contributed by atoms with Crippen LogP contribution in [0.2, 0.25) is 0 Å². The molecule has 6 nitrogen and oxygen atoms in total. The molecule has 0 bridgehead atoms. The number of unbranched alkanes of at least 4 members (excludes halogenated alkanes) is 2. The van der Waals surface area contributed by atoms with E-state index in [0.29, 0.717) is 37.4 Å². The van der Waals surface area contributed by atoms with E-state index in [9.17, 15) is 15.0 Å². The van der Waals surface area contributed by atoms with Crippen molar-refractivity contribution >= 4 is 5.97 Å². The van der Waals surface area contributed by atoms with Gasteiger partial charge < -0.3 is 19.8 Å². The van der Waals surface area contributed by atoms with Crippen molar-refractivity contribution in [3.63, 3.8) is 0 Å². The number of aromatic hydroxyl groups is 1. The number of hydrogen-bond acceptors (Lipinski definition) is 5. The van der Waals surface area contributed by atoms with Gasteiger partial charge >= 0.3 is 5.97 Å². The molecular formula is C19H30O6.